The first-order valence-electron chi connectivity index (χ1n) is 18.6. The Morgan fingerprint density at radius 2 is 1.60 bits per heavy atom. The van der Waals surface area contributed by atoms with Crippen molar-refractivity contribution < 1.29 is 18.7 Å². The van der Waals surface area contributed by atoms with Crippen molar-refractivity contribution in [3.8, 4) is 0 Å². The molecule has 5 rings (SSSR count). The monoisotopic (exact) mass is 677 g/mol. The fourth-order valence-corrected chi connectivity index (χ4v) is 8.38. The van der Waals surface area contributed by atoms with Gasteiger partial charge in [-0.2, -0.15) is 0 Å². The van der Waals surface area contributed by atoms with E-state index in [4.69, 9.17) is 4.74 Å². The molecule has 2 aliphatic rings. The summed E-state index contributed by atoms with van der Waals surface area (Å²) in [6, 6.07) is 12.5. The highest BCUT2D eigenvalue weighted by Crippen LogP contribution is 2.35. The number of thiophene rings is 1. The van der Waals surface area contributed by atoms with Crippen molar-refractivity contribution in [3.63, 3.8) is 0 Å². The van der Waals surface area contributed by atoms with Crippen molar-refractivity contribution in [2.75, 3.05) is 49.6 Å². The summed E-state index contributed by atoms with van der Waals surface area (Å²) in [7, 11) is 1.45. The topological polar surface area (TPSA) is 53.1 Å². The van der Waals surface area contributed by atoms with Crippen LogP contribution in [0.15, 0.2) is 41.8 Å². The Morgan fingerprint density at radius 3 is 2.35 bits per heavy atom. The predicted molar refractivity (Wildman–Crippen MR) is 198 cm³/mol. The Kier molecular flexibility index (Phi) is 14.1. The average molecular weight is 678 g/mol. The number of esters is 1. The number of hydrogen-bond acceptors (Lipinski definition) is 6. The molecule has 2 aromatic carbocycles. The van der Waals surface area contributed by atoms with Crippen molar-refractivity contribution in [1.82, 2.24) is 4.90 Å². The van der Waals surface area contributed by atoms with E-state index in [2.05, 4.69) is 45.9 Å². The van der Waals surface area contributed by atoms with Crippen LogP contribution in [0.3, 0.4) is 0 Å². The second-order valence-electron chi connectivity index (χ2n) is 13.8. The maximum absolute atomic E-state index is 14.3. The van der Waals surface area contributed by atoms with Crippen LogP contribution in [0.25, 0.3) is 10.1 Å². The summed E-state index contributed by atoms with van der Waals surface area (Å²) in [5.74, 6) is -0.0186. The highest BCUT2D eigenvalue weighted by Gasteiger charge is 2.30. The average Bonchev–Trinajstić information content (AvgIpc) is 3.58. The van der Waals surface area contributed by atoms with E-state index in [-0.39, 0.29) is 23.7 Å². The first-order valence-corrected chi connectivity index (χ1v) is 19.5. The second-order valence-corrected chi connectivity index (χ2v) is 14.7. The lowest BCUT2D eigenvalue weighted by Crippen LogP contribution is -2.47. The standard InChI is InChI=1S/C40H56FN3O3S/c1-3-4-5-6-7-10-13-34(14-11-8-9-12-15-40(46)47-2)44-36-28-31(16-17-32(36)18-19-39(44)45)20-22-42-23-25-43(26-24-42)37-29-33(41)30-38-35(37)21-27-48-38/h16-17,21,27-30,34H,3-15,18-20,22-26H2,1-2H3. The lowest BCUT2D eigenvalue weighted by atomic mass is 9.92. The lowest BCUT2D eigenvalue weighted by Gasteiger charge is -2.37. The second kappa shape index (κ2) is 18.7. The lowest BCUT2D eigenvalue weighted by molar-refractivity contribution is -0.140. The van der Waals surface area contributed by atoms with E-state index in [9.17, 15) is 14.0 Å². The van der Waals surface area contributed by atoms with E-state index in [1.54, 1.807) is 23.5 Å². The molecule has 1 aromatic heterocycles. The van der Waals surface area contributed by atoms with Crippen LogP contribution in [0.5, 0.6) is 0 Å². The molecule has 1 saturated heterocycles. The number of carbonyl (C=O) groups excluding carboxylic acids is 2. The summed E-state index contributed by atoms with van der Waals surface area (Å²) in [4.78, 5) is 32.2. The number of piperazine rings is 1. The van der Waals surface area contributed by atoms with Gasteiger partial charge in [0.05, 0.1) is 7.11 Å². The van der Waals surface area contributed by atoms with Gasteiger partial charge in [-0.1, -0.05) is 76.8 Å². The summed E-state index contributed by atoms with van der Waals surface area (Å²) in [5, 5.41) is 3.19. The fraction of sp³-hybridized carbons (Fsp3) is 0.600. The van der Waals surface area contributed by atoms with E-state index in [1.165, 1.54) is 50.3 Å². The van der Waals surface area contributed by atoms with Gasteiger partial charge in [0, 0.05) is 73.1 Å². The summed E-state index contributed by atoms with van der Waals surface area (Å²) in [6.07, 6.45) is 16.5. The van der Waals surface area contributed by atoms with Crippen molar-refractivity contribution in [3.05, 3.63) is 58.7 Å². The Bertz CT molecular complexity index is 1470. The molecule has 6 nitrogen and oxygen atoms in total. The quantitative estimate of drug-likeness (QED) is 0.0935. The summed E-state index contributed by atoms with van der Waals surface area (Å²) < 4.78 is 20.1. The molecule has 1 unspecified atom stereocenters. The minimum atomic E-state index is -0.160. The third-order valence-electron chi connectivity index (χ3n) is 10.4. The molecule has 0 aliphatic carbocycles. The van der Waals surface area contributed by atoms with Crippen molar-refractivity contribution in [2.24, 2.45) is 0 Å². The van der Waals surface area contributed by atoms with Gasteiger partial charge in [-0.05, 0) is 72.9 Å². The molecule has 0 N–H and O–H groups in total. The van der Waals surface area contributed by atoms with Crippen molar-refractivity contribution in [1.29, 1.82) is 0 Å². The molecule has 1 amide bonds. The third-order valence-corrected chi connectivity index (χ3v) is 11.2. The summed E-state index contributed by atoms with van der Waals surface area (Å²) >= 11 is 1.60. The Morgan fingerprint density at radius 1 is 0.875 bits per heavy atom. The van der Waals surface area contributed by atoms with Gasteiger partial charge in [-0.3, -0.25) is 14.5 Å². The van der Waals surface area contributed by atoms with E-state index < -0.39 is 0 Å². The van der Waals surface area contributed by atoms with E-state index in [0.717, 1.165) is 112 Å². The van der Waals surface area contributed by atoms with Crippen LogP contribution in [0.1, 0.15) is 108 Å². The van der Waals surface area contributed by atoms with Crippen LogP contribution in [0, 0.1) is 5.82 Å². The fourth-order valence-electron chi connectivity index (χ4n) is 7.55. The number of unbranched alkanes of at least 4 members (excludes halogenated alkanes) is 8. The van der Waals surface area contributed by atoms with Crippen LogP contribution >= 0.6 is 11.3 Å². The number of anilines is 2. The molecule has 1 atom stereocenters. The zero-order valence-corrected chi connectivity index (χ0v) is 30.1. The predicted octanol–water partition coefficient (Wildman–Crippen LogP) is 9.32. The molecular weight excluding hydrogens is 622 g/mol. The molecule has 0 saturated carbocycles. The molecule has 2 aliphatic heterocycles. The van der Waals surface area contributed by atoms with Crippen molar-refractivity contribution in [2.45, 2.75) is 116 Å². The number of methoxy groups -OCH3 is 1. The molecular formula is C40H56FN3O3S. The Balaban J connectivity index is 1.19. The number of carbonyl (C=O) groups is 2. The number of nitrogens with zero attached hydrogens (tertiary/aromatic N) is 3. The Labute approximate surface area is 291 Å². The first-order chi connectivity index (χ1) is 23.5. The number of fused-ring (bicyclic) bond motifs is 2. The van der Waals surface area contributed by atoms with Gasteiger partial charge < -0.3 is 14.5 Å². The van der Waals surface area contributed by atoms with Crippen LogP contribution in [0.4, 0.5) is 15.8 Å². The van der Waals surface area contributed by atoms with Gasteiger partial charge in [0.25, 0.3) is 0 Å². The summed E-state index contributed by atoms with van der Waals surface area (Å²) in [6.45, 7) is 6.93. The molecule has 48 heavy (non-hydrogen) atoms. The number of ether oxygens (including phenoxy) is 1. The van der Waals surface area contributed by atoms with Gasteiger partial charge in [-0.15, -0.1) is 11.3 Å². The Hall–Kier alpha value is -2.97. The first kappa shape index (κ1) is 36.3. The number of benzene rings is 2. The molecule has 3 aromatic rings. The smallest absolute Gasteiger partial charge is 0.305 e. The molecule has 1 fully saturated rings. The SMILES string of the molecule is CCCCCCCCC(CCCCCCC(=O)OC)N1C(=O)CCc2ccc(CCN3CCN(c4cc(F)cc5sccc45)CC3)cc21. The van der Waals surface area contributed by atoms with Gasteiger partial charge in [0.1, 0.15) is 5.82 Å². The van der Waals surface area contributed by atoms with Crippen LogP contribution in [-0.4, -0.2) is 62.7 Å². The van der Waals surface area contributed by atoms with Gasteiger partial charge in [0.2, 0.25) is 5.91 Å². The molecule has 262 valence electrons. The van der Waals surface area contributed by atoms with Crippen LogP contribution in [-0.2, 0) is 27.2 Å². The zero-order valence-electron chi connectivity index (χ0n) is 29.3. The van der Waals surface area contributed by atoms with Gasteiger partial charge >= 0.3 is 5.97 Å². The van der Waals surface area contributed by atoms with Crippen LogP contribution < -0.4 is 9.80 Å². The van der Waals surface area contributed by atoms with Gasteiger partial charge in [-0.25, -0.2) is 4.39 Å². The molecule has 0 spiro atoms. The number of amides is 1. The van der Waals surface area contributed by atoms with Crippen molar-refractivity contribution >= 4 is 44.7 Å². The number of hydrogen-bond donors (Lipinski definition) is 0. The van der Waals surface area contributed by atoms with Gasteiger partial charge in [0.15, 0.2) is 0 Å². The number of aryl methyl sites for hydroxylation is 1. The third kappa shape index (κ3) is 10.0. The maximum Gasteiger partial charge on any atom is 0.305 e. The highest BCUT2D eigenvalue weighted by molar-refractivity contribution is 7.17. The minimum Gasteiger partial charge on any atom is -0.469 e. The molecule has 8 heteroatoms. The molecule has 0 radical (unpaired) electrons. The van der Waals surface area contributed by atoms with E-state index in [0.29, 0.717) is 12.8 Å². The largest absolute Gasteiger partial charge is 0.469 e. The highest BCUT2D eigenvalue weighted by atomic mass is 32.1. The number of halogens is 1. The molecule has 0 bridgehead atoms. The van der Waals surface area contributed by atoms with Crippen LogP contribution in [0.2, 0.25) is 0 Å². The minimum absolute atomic E-state index is 0.131. The summed E-state index contributed by atoms with van der Waals surface area (Å²) in [5.41, 5.74) is 4.75. The normalized spacial score (nSPS) is 16.0. The van der Waals surface area contributed by atoms with E-state index >= 15 is 0 Å². The zero-order chi connectivity index (χ0) is 33.7. The van der Waals surface area contributed by atoms with E-state index in [1.807, 2.05) is 5.38 Å². The number of rotatable bonds is 19. The maximum atomic E-state index is 14.3. The molecule has 3 heterocycles.